The van der Waals surface area contributed by atoms with Crippen LogP contribution in [0.4, 0.5) is 0 Å². The SMILES string of the molecule is OC1(c2ccccc2-c2ccccc2)c2cccnc2-c2c(Br)cccc21. The highest BCUT2D eigenvalue weighted by Crippen LogP contribution is 2.53. The van der Waals surface area contributed by atoms with E-state index in [4.69, 9.17) is 0 Å². The van der Waals surface area contributed by atoms with E-state index in [-0.39, 0.29) is 0 Å². The Morgan fingerprint density at radius 3 is 2.26 bits per heavy atom. The minimum Gasteiger partial charge on any atom is -0.376 e. The van der Waals surface area contributed by atoms with E-state index < -0.39 is 5.60 Å². The highest BCUT2D eigenvalue weighted by Gasteiger charge is 2.45. The third-order valence-corrected chi connectivity index (χ3v) is 5.90. The molecule has 0 fully saturated rings. The maximum absolute atomic E-state index is 12.2. The lowest BCUT2D eigenvalue weighted by molar-refractivity contribution is 0.131. The molecule has 2 nitrogen and oxygen atoms in total. The second-order valence-electron chi connectivity index (χ2n) is 6.68. The normalized spacial score (nSPS) is 17.4. The van der Waals surface area contributed by atoms with Gasteiger partial charge in [0.05, 0.1) is 5.69 Å². The Labute approximate surface area is 166 Å². The van der Waals surface area contributed by atoms with Crippen LogP contribution >= 0.6 is 15.9 Å². The van der Waals surface area contributed by atoms with Gasteiger partial charge in [-0.05, 0) is 23.3 Å². The van der Waals surface area contributed by atoms with Crippen LogP contribution in [0.2, 0.25) is 0 Å². The molecule has 5 rings (SSSR count). The monoisotopic (exact) mass is 413 g/mol. The molecule has 1 aliphatic rings. The van der Waals surface area contributed by atoms with Crippen molar-refractivity contribution in [3.8, 4) is 22.4 Å². The van der Waals surface area contributed by atoms with Gasteiger partial charge in [-0.3, -0.25) is 4.98 Å². The highest BCUT2D eigenvalue weighted by atomic mass is 79.9. The molecule has 27 heavy (non-hydrogen) atoms. The van der Waals surface area contributed by atoms with Crippen molar-refractivity contribution in [2.75, 3.05) is 0 Å². The summed E-state index contributed by atoms with van der Waals surface area (Å²) in [7, 11) is 0. The first-order valence-corrected chi connectivity index (χ1v) is 9.62. The molecule has 1 heterocycles. The van der Waals surface area contributed by atoms with Gasteiger partial charge in [0.15, 0.2) is 0 Å². The third-order valence-electron chi connectivity index (χ3n) is 5.24. The molecule has 0 amide bonds. The number of aliphatic hydroxyl groups is 1. The largest absolute Gasteiger partial charge is 0.376 e. The zero-order chi connectivity index (χ0) is 18.4. The molecule has 130 valence electrons. The molecular weight excluding hydrogens is 398 g/mol. The molecule has 0 bridgehead atoms. The summed E-state index contributed by atoms with van der Waals surface area (Å²) in [6.07, 6.45) is 1.77. The van der Waals surface area contributed by atoms with Gasteiger partial charge in [-0.15, -0.1) is 0 Å². The van der Waals surface area contributed by atoms with Crippen molar-refractivity contribution < 1.29 is 5.11 Å². The fourth-order valence-electron chi connectivity index (χ4n) is 4.07. The number of benzene rings is 3. The number of pyridine rings is 1. The summed E-state index contributed by atoms with van der Waals surface area (Å²) >= 11 is 3.65. The molecule has 0 spiro atoms. The summed E-state index contributed by atoms with van der Waals surface area (Å²) < 4.78 is 0.938. The minimum atomic E-state index is -1.25. The molecule has 1 aromatic heterocycles. The zero-order valence-electron chi connectivity index (χ0n) is 14.4. The predicted octanol–water partition coefficient (Wildman–Crippen LogP) is 5.78. The molecule has 0 radical (unpaired) electrons. The molecule has 3 heteroatoms. The maximum atomic E-state index is 12.2. The van der Waals surface area contributed by atoms with Gasteiger partial charge < -0.3 is 5.11 Å². The molecule has 1 aliphatic carbocycles. The van der Waals surface area contributed by atoms with E-state index in [1.807, 2.05) is 66.7 Å². The molecule has 0 saturated carbocycles. The van der Waals surface area contributed by atoms with E-state index in [9.17, 15) is 5.11 Å². The van der Waals surface area contributed by atoms with Crippen molar-refractivity contribution >= 4 is 15.9 Å². The fraction of sp³-hybridized carbons (Fsp3) is 0.0417. The summed E-state index contributed by atoms with van der Waals surface area (Å²) in [5, 5.41) is 12.2. The maximum Gasteiger partial charge on any atom is 0.143 e. The van der Waals surface area contributed by atoms with E-state index in [2.05, 4.69) is 39.1 Å². The Kier molecular flexibility index (Phi) is 3.74. The van der Waals surface area contributed by atoms with Gasteiger partial charge in [-0.25, -0.2) is 0 Å². The predicted molar refractivity (Wildman–Crippen MR) is 111 cm³/mol. The first-order valence-electron chi connectivity index (χ1n) is 8.83. The molecule has 1 unspecified atom stereocenters. The van der Waals surface area contributed by atoms with Crippen molar-refractivity contribution in [3.63, 3.8) is 0 Å². The van der Waals surface area contributed by atoms with Gasteiger partial charge in [-0.2, -0.15) is 0 Å². The van der Waals surface area contributed by atoms with Gasteiger partial charge in [0.1, 0.15) is 5.60 Å². The van der Waals surface area contributed by atoms with E-state index in [0.29, 0.717) is 0 Å². The second-order valence-corrected chi connectivity index (χ2v) is 7.54. The summed E-state index contributed by atoms with van der Waals surface area (Å²) in [5.41, 5.74) is 5.16. The van der Waals surface area contributed by atoms with Crippen LogP contribution in [-0.4, -0.2) is 10.1 Å². The smallest absolute Gasteiger partial charge is 0.143 e. The average Bonchev–Trinajstić information content (AvgIpc) is 3.00. The second kappa shape index (κ2) is 6.15. The van der Waals surface area contributed by atoms with Crippen molar-refractivity contribution in [2.45, 2.75) is 5.60 Å². The minimum absolute atomic E-state index is 0.815. The molecule has 3 aromatic carbocycles. The molecule has 0 saturated heterocycles. The fourth-order valence-corrected chi connectivity index (χ4v) is 4.62. The standard InChI is InChI=1S/C24H16BrNO/c25-21-14-6-12-19-22(21)23-20(13-7-15-26-23)24(19,27)18-11-5-4-10-17(18)16-8-2-1-3-9-16/h1-15,27H. The van der Waals surface area contributed by atoms with Crippen molar-refractivity contribution in [1.29, 1.82) is 0 Å². The van der Waals surface area contributed by atoms with Crippen molar-refractivity contribution in [1.82, 2.24) is 4.98 Å². The van der Waals surface area contributed by atoms with Gasteiger partial charge >= 0.3 is 0 Å². The summed E-state index contributed by atoms with van der Waals surface area (Å²) in [6, 6.07) is 28.0. The van der Waals surface area contributed by atoms with Crippen LogP contribution in [0.15, 0.2) is 95.6 Å². The van der Waals surface area contributed by atoms with Gasteiger partial charge in [-0.1, -0.05) is 88.7 Å². The Hall–Kier alpha value is -2.75. The number of halogens is 1. The number of hydrogen-bond donors (Lipinski definition) is 1. The number of fused-ring (bicyclic) bond motifs is 3. The molecule has 1 N–H and O–H groups in total. The average molecular weight is 414 g/mol. The van der Waals surface area contributed by atoms with Crippen molar-refractivity contribution in [3.05, 3.63) is 112 Å². The van der Waals surface area contributed by atoms with E-state index in [1.54, 1.807) is 6.20 Å². The highest BCUT2D eigenvalue weighted by molar-refractivity contribution is 9.10. The zero-order valence-corrected chi connectivity index (χ0v) is 16.0. The van der Waals surface area contributed by atoms with E-state index in [0.717, 1.165) is 43.5 Å². The summed E-state index contributed by atoms with van der Waals surface area (Å²) in [4.78, 5) is 4.59. The third kappa shape index (κ3) is 2.32. The van der Waals surface area contributed by atoms with Crippen LogP contribution in [0.3, 0.4) is 0 Å². The first kappa shape index (κ1) is 16.4. The van der Waals surface area contributed by atoms with Crippen LogP contribution in [0.5, 0.6) is 0 Å². The number of nitrogens with zero attached hydrogens (tertiary/aromatic N) is 1. The van der Waals surface area contributed by atoms with Crippen LogP contribution in [0.25, 0.3) is 22.4 Å². The van der Waals surface area contributed by atoms with Gasteiger partial charge in [0.2, 0.25) is 0 Å². The summed E-state index contributed by atoms with van der Waals surface area (Å²) in [6.45, 7) is 0. The lowest BCUT2D eigenvalue weighted by Gasteiger charge is -2.28. The number of aromatic nitrogens is 1. The Morgan fingerprint density at radius 2 is 1.41 bits per heavy atom. The van der Waals surface area contributed by atoms with E-state index in [1.165, 1.54) is 0 Å². The molecular formula is C24H16BrNO. The molecule has 1 atom stereocenters. The molecule has 4 aromatic rings. The Bertz CT molecular complexity index is 1160. The Balaban J connectivity index is 1.87. The van der Waals surface area contributed by atoms with Crippen LogP contribution in [0, 0.1) is 0 Å². The van der Waals surface area contributed by atoms with Crippen LogP contribution in [-0.2, 0) is 5.60 Å². The van der Waals surface area contributed by atoms with Gasteiger partial charge in [0.25, 0.3) is 0 Å². The Morgan fingerprint density at radius 1 is 0.704 bits per heavy atom. The van der Waals surface area contributed by atoms with Crippen LogP contribution < -0.4 is 0 Å². The topological polar surface area (TPSA) is 33.1 Å². The van der Waals surface area contributed by atoms with Crippen LogP contribution in [0.1, 0.15) is 16.7 Å². The molecule has 0 aliphatic heterocycles. The number of rotatable bonds is 2. The van der Waals surface area contributed by atoms with Crippen molar-refractivity contribution in [2.24, 2.45) is 0 Å². The quantitative estimate of drug-likeness (QED) is 0.451. The first-order chi connectivity index (χ1) is 13.2. The lowest BCUT2D eigenvalue weighted by atomic mass is 9.80. The summed E-state index contributed by atoms with van der Waals surface area (Å²) in [5.74, 6) is 0. The number of hydrogen-bond acceptors (Lipinski definition) is 2. The van der Waals surface area contributed by atoms with E-state index >= 15 is 0 Å². The lowest BCUT2D eigenvalue weighted by Crippen LogP contribution is -2.27. The van der Waals surface area contributed by atoms with Gasteiger partial charge in [0, 0.05) is 32.9 Å².